The topological polar surface area (TPSA) is 89.4 Å². The van der Waals surface area contributed by atoms with Gasteiger partial charge in [-0.05, 0) is 30.5 Å². The summed E-state index contributed by atoms with van der Waals surface area (Å²) in [6, 6.07) is 5.16. The molecule has 0 aliphatic rings. The van der Waals surface area contributed by atoms with Crippen molar-refractivity contribution in [3.05, 3.63) is 39.6 Å². The van der Waals surface area contributed by atoms with Crippen LogP contribution in [0.1, 0.15) is 38.2 Å². The first-order valence-corrected chi connectivity index (χ1v) is 8.97. The van der Waals surface area contributed by atoms with E-state index in [4.69, 9.17) is 10.2 Å². The molecule has 2 aromatic heterocycles. The monoisotopic (exact) mass is 344 g/mol. The predicted molar refractivity (Wildman–Crippen MR) is 97.5 cm³/mol. The molecule has 0 saturated carbocycles. The van der Waals surface area contributed by atoms with E-state index in [2.05, 4.69) is 11.9 Å². The van der Waals surface area contributed by atoms with Crippen LogP contribution < -0.4 is 11.4 Å². The molecule has 1 aromatic carbocycles. The summed E-state index contributed by atoms with van der Waals surface area (Å²) in [5.74, 6) is 0.174. The molecule has 0 aliphatic heterocycles. The van der Waals surface area contributed by atoms with E-state index >= 15 is 0 Å². The molecule has 0 spiro atoms. The molecule has 24 heavy (non-hydrogen) atoms. The average Bonchev–Trinajstić information content (AvgIpc) is 2.98. The van der Waals surface area contributed by atoms with Crippen LogP contribution in [-0.2, 0) is 6.42 Å². The number of phenols is 1. The van der Waals surface area contributed by atoms with Crippen molar-refractivity contribution in [2.45, 2.75) is 39.0 Å². The third-order valence-corrected chi connectivity index (χ3v) is 4.70. The van der Waals surface area contributed by atoms with E-state index in [9.17, 15) is 9.90 Å². The molecule has 6 heteroatoms. The summed E-state index contributed by atoms with van der Waals surface area (Å²) >= 11 is 1.28. The lowest BCUT2D eigenvalue weighted by Crippen LogP contribution is -2.03. The first-order valence-electron chi connectivity index (χ1n) is 8.09. The Hall–Kier alpha value is -2.34. The van der Waals surface area contributed by atoms with Gasteiger partial charge in [-0.1, -0.05) is 26.2 Å². The summed E-state index contributed by atoms with van der Waals surface area (Å²) in [6.45, 7) is 2.17. The van der Waals surface area contributed by atoms with Crippen molar-refractivity contribution < 1.29 is 9.52 Å². The van der Waals surface area contributed by atoms with Crippen LogP contribution >= 0.6 is 11.3 Å². The minimum Gasteiger partial charge on any atom is -0.508 e. The molecular formula is C18H20N2O3S. The Morgan fingerprint density at radius 1 is 1.25 bits per heavy atom. The highest BCUT2D eigenvalue weighted by Crippen LogP contribution is 2.29. The molecule has 0 saturated heterocycles. The van der Waals surface area contributed by atoms with Gasteiger partial charge in [-0.3, -0.25) is 0 Å². The Labute approximate surface area is 143 Å². The van der Waals surface area contributed by atoms with E-state index in [1.807, 2.05) is 6.07 Å². The predicted octanol–water partition coefficient (Wildman–Crippen LogP) is 4.33. The van der Waals surface area contributed by atoms with Crippen molar-refractivity contribution in [1.82, 2.24) is 4.98 Å². The number of anilines is 1. The Balaban J connectivity index is 1.97. The van der Waals surface area contributed by atoms with E-state index in [0.717, 1.165) is 30.2 Å². The quantitative estimate of drug-likeness (QED) is 0.513. The number of hydrogen-bond donors (Lipinski definition) is 2. The van der Waals surface area contributed by atoms with Crippen molar-refractivity contribution in [2.24, 2.45) is 0 Å². The van der Waals surface area contributed by atoms with Crippen LogP contribution in [0.5, 0.6) is 5.75 Å². The van der Waals surface area contributed by atoms with E-state index < -0.39 is 5.63 Å². The Bertz CT molecular complexity index is 914. The average molecular weight is 344 g/mol. The highest BCUT2D eigenvalue weighted by molar-refractivity contribution is 7.13. The van der Waals surface area contributed by atoms with Gasteiger partial charge in [0, 0.05) is 16.8 Å². The van der Waals surface area contributed by atoms with Crippen molar-refractivity contribution in [1.29, 1.82) is 0 Å². The molecule has 0 fully saturated rings. The Morgan fingerprint density at radius 3 is 2.79 bits per heavy atom. The maximum Gasteiger partial charge on any atom is 0.345 e. The van der Waals surface area contributed by atoms with Gasteiger partial charge in [-0.2, -0.15) is 0 Å². The van der Waals surface area contributed by atoms with E-state index in [-0.39, 0.29) is 5.75 Å². The minimum atomic E-state index is -0.483. The number of aromatic hydroxyl groups is 1. The molecule has 3 rings (SSSR count). The fraction of sp³-hybridized carbons (Fsp3) is 0.333. The van der Waals surface area contributed by atoms with Crippen molar-refractivity contribution in [3.63, 3.8) is 0 Å². The van der Waals surface area contributed by atoms with Gasteiger partial charge in [0.05, 0.1) is 11.3 Å². The zero-order valence-corrected chi connectivity index (χ0v) is 14.4. The van der Waals surface area contributed by atoms with E-state index in [1.165, 1.54) is 30.2 Å². The van der Waals surface area contributed by atoms with E-state index in [1.54, 1.807) is 11.4 Å². The minimum absolute atomic E-state index is 0.174. The molecule has 0 radical (unpaired) electrons. The fourth-order valence-electron chi connectivity index (χ4n) is 2.74. The van der Waals surface area contributed by atoms with Crippen molar-refractivity contribution in [3.8, 4) is 17.0 Å². The summed E-state index contributed by atoms with van der Waals surface area (Å²) < 4.78 is 5.34. The van der Waals surface area contributed by atoms with Gasteiger partial charge < -0.3 is 15.3 Å². The van der Waals surface area contributed by atoms with Crippen LogP contribution in [0.3, 0.4) is 0 Å². The Kier molecular flexibility index (Phi) is 4.85. The number of aromatic nitrogens is 1. The molecule has 0 unspecified atom stereocenters. The third kappa shape index (κ3) is 3.43. The van der Waals surface area contributed by atoms with Crippen molar-refractivity contribution in [2.75, 3.05) is 5.73 Å². The fourth-order valence-corrected chi connectivity index (χ4v) is 3.30. The maximum absolute atomic E-state index is 12.2. The number of unbranched alkanes of at least 4 members (excludes halogenated alkanes) is 3. The zero-order valence-electron chi connectivity index (χ0n) is 13.5. The lowest BCUT2D eigenvalue weighted by molar-refractivity contribution is 0.464. The molecular weight excluding hydrogens is 324 g/mol. The van der Waals surface area contributed by atoms with Gasteiger partial charge in [0.15, 0.2) is 5.13 Å². The number of nitrogens with zero attached hydrogens (tertiary/aromatic N) is 1. The number of phenolic OH excluding ortho intramolecular Hbond substituents is 1. The van der Waals surface area contributed by atoms with Crippen LogP contribution in [0.15, 0.2) is 32.8 Å². The Morgan fingerprint density at radius 2 is 2.08 bits per heavy atom. The number of fused-ring (bicyclic) bond motifs is 1. The summed E-state index contributed by atoms with van der Waals surface area (Å²) in [5, 5.41) is 13.1. The second kappa shape index (κ2) is 7.05. The number of hydrogen-bond acceptors (Lipinski definition) is 6. The second-order valence-corrected chi connectivity index (χ2v) is 6.74. The third-order valence-electron chi connectivity index (χ3n) is 4.03. The molecule has 5 nitrogen and oxygen atoms in total. The first kappa shape index (κ1) is 16.5. The number of rotatable bonds is 6. The lowest BCUT2D eigenvalue weighted by atomic mass is 10.0. The molecule has 126 valence electrons. The first-order chi connectivity index (χ1) is 11.6. The number of thiazole rings is 1. The molecule has 0 atom stereocenters. The normalized spacial score (nSPS) is 11.2. The van der Waals surface area contributed by atoms with Crippen LogP contribution in [0.2, 0.25) is 0 Å². The molecule has 0 amide bonds. The van der Waals surface area contributed by atoms with Gasteiger partial charge in [-0.15, -0.1) is 11.3 Å². The zero-order chi connectivity index (χ0) is 17.1. The molecule has 0 bridgehead atoms. The van der Waals surface area contributed by atoms with Crippen LogP contribution in [-0.4, -0.2) is 10.1 Å². The largest absolute Gasteiger partial charge is 0.508 e. The van der Waals surface area contributed by atoms with Crippen LogP contribution in [0.4, 0.5) is 5.13 Å². The standard InChI is InChI=1S/C18H20N2O3S/c1-2-3-4-5-6-11-7-12-8-13(14-10-24-18(19)20-14)17(22)23-16(12)9-15(11)21/h7-10,21H,2-6H2,1H3,(H2,19,20). The van der Waals surface area contributed by atoms with Crippen LogP contribution in [0.25, 0.3) is 22.2 Å². The van der Waals surface area contributed by atoms with Gasteiger partial charge in [0.1, 0.15) is 11.3 Å². The second-order valence-electron chi connectivity index (χ2n) is 5.85. The van der Waals surface area contributed by atoms with Gasteiger partial charge in [0.2, 0.25) is 0 Å². The number of benzene rings is 1. The molecule has 2 heterocycles. The molecule has 3 aromatic rings. The molecule has 0 aliphatic carbocycles. The maximum atomic E-state index is 12.2. The lowest BCUT2D eigenvalue weighted by Gasteiger charge is -2.07. The number of nitrogens with two attached hydrogens (primary N) is 1. The number of aryl methyl sites for hydroxylation is 1. The van der Waals surface area contributed by atoms with E-state index in [0.29, 0.717) is 22.0 Å². The highest BCUT2D eigenvalue weighted by atomic mass is 32.1. The summed E-state index contributed by atoms with van der Waals surface area (Å²) in [7, 11) is 0. The van der Waals surface area contributed by atoms with Crippen LogP contribution in [0, 0.1) is 0 Å². The summed E-state index contributed by atoms with van der Waals surface area (Å²) in [5.41, 5.74) is 7.31. The highest BCUT2D eigenvalue weighted by Gasteiger charge is 2.13. The molecule has 3 N–H and O–H groups in total. The summed E-state index contributed by atoms with van der Waals surface area (Å²) in [6.07, 6.45) is 5.34. The smallest absolute Gasteiger partial charge is 0.345 e. The SMILES string of the molecule is CCCCCCc1cc2cc(-c3csc(N)n3)c(=O)oc2cc1O. The number of nitrogen functional groups attached to an aromatic ring is 1. The van der Waals surface area contributed by atoms with Gasteiger partial charge in [-0.25, -0.2) is 9.78 Å². The summed E-state index contributed by atoms with van der Waals surface area (Å²) in [4.78, 5) is 16.3. The van der Waals surface area contributed by atoms with Gasteiger partial charge in [0.25, 0.3) is 0 Å². The van der Waals surface area contributed by atoms with Crippen molar-refractivity contribution >= 4 is 27.4 Å². The van der Waals surface area contributed by atoms with Gasteiger partial charge >= 0.3 is 5.63 Å².